The van der Waals surface area contributed by atoms with Crippen molar-refractivity contribution in [3.05, 3.63) is 29.8 Å². The minimum atomic E-state index is -0.755. The molecule has 0 unspecified atom stereocenters. The van der Waals surface area contributed by atoms with E-state index in [2.05, 4.69) is 6.92 Å². The Balaban J connectivity index is 2.08. The van der Waals surface area contributed by atoms with Crippen molar-refractivity contribution in [1.82, 2.24) is 0 Å². The topological polar surface area (TPSA) is 46.5 Å². The highest BCUT2D eigenvalue weighted by molar-refractivity contribution is 5.67. The van der Waals surface area contributed by atoms with Gasteiger partial charge in [-0.15, -0.1) is 0 Å². The largest absolute Gasteiger partial charge is 0.494 e. The van der Waals surface area contributed by atoms with E-state index in [1.165, 1.54) is 38.5 Å². The lowest BCUT2D eigenvalue weighted by molar-refractivity contribution is -0.136. The van der Waals surface area contributed by atoms with Crippen molar-refractivity contribution in [2.45, 2.75) is 64.7 Å². The van der Waals surface area contributed by atoms with Crippen molar-refractivity contribution >= 4 is 5.97 Å². The number of aryl methyl sites for hydroxylation is 1. The third kappa shape index (κ3) is 9.11. The summed E-state index contributed by atoms with van der Waals surface area (Å²) in [5.74, 6) is 0.120. The third-order valence-electron chi connectivity index (χ3n) is 3.57. The molecule has 21 heavy (non-hydrogen) atoms. The predicted molar refractivity (Wildman–Crippen MR) is 85.9 cm³/mol. The quantitative estimate of drug-likeness (QED) is 0.561. The van der Waals surface area contributed by atoms with E-state index in [1.54, 1.807) is 0 Å². The fourth-order valence-corrected chi connectivity index (χ4v) is 2.25. The summed E-state index contributed by atoms with van der Waals surface area (Å²) in [7, 11) is 0. The SMILES string of the molecule is CCCCCCCCCOc1ccc(CCC(=O)O)cc1. The lowest BCUT2D eigenvalue weighted by atomic mass is 10.1. The molecule has 0 saturated heterocycles. The van der Waals surface area contributed by atoms with E-state index in [0.717, 1.165) is 24.3 Å². The zero-order valence-electron chi connectivity index (χ0n) is 13.1. The second-order valence-corrected chi connectivity index (χ2v) is 5.51. The van der Waals surface area contributed by atoms with Gasteiger partial charge in [0.15, 0.2) is 0 Å². The number of carboxylic acid groups (broad SMARTS) is 1. The maximum Gasteiger partial charge on any atom is 0.303 e. The van der Waals surface area contributed by atoms with Crippen LogP contribution >= 0.6 is 0 Å². The van der Waals surface area contributed by atoms with E-state index in [1.807, 2.05) is 24.3 Å². The van der Waals surface area contributed by atoms with Gasteiger partial charge in [-0.2, -0.15) is 0 Å². The number of aliphatic carboxylic acids is 1. The molecule has 1 aromatic carbocycles. The van der Waals surface area contributed by atoms with Crippen LogP contribution in [-0.2, 0) is 11.2 Å². The number of unbranched alkanes of at least 4 members (excludes halogenated alkanes) is 6. The Kier molecular flexibility index (Phi) is 9.34. The van der Waals surface area contributed by atoms with Gasteiger partial charge in [-0.25, -0.2) is 0 Å². The predicted octanol–water partition coefficient (Wildman–Crippen LogP) is 4.83. The molecular formula is C18H28O3. The lowest BCUT2D eigenvalue weighted by Crippen LogP contribution is -1.99. The molecule has 0 aliphatic heterocycles. The number of ether oxygens (including phenoxy) is 1. The summed E-state index contributed by atoms with van der Waals surface area (Å²) < 4.78 is 5.70. The monoisotopic (exact) mass is 292 g/mol. The molecule has 1 rings (SSSR count). The number of hydrogen-bond donors (Lipinski definition) is 1. The van der Waals surface area contributed by atoms with Gasteiger partial charge in [0.05, 0.1) is 6.61 Å². The van der Waals surface area contributed by atoms with Gasteiger partial charge in [0.2, 0.25) is 0 Å². The van der Waals surface area contributed by atoms with E-state index < -0.39 is 5.97 Å². The fraction of sp³-hybridized carbons (Fsp3) is 0.611. The molecule has 0 fully saturated rings. The molecule has 1 aromatic rings. The summed E-state index contributed by atoms with van der Waals surface area (Å²) in [4.78, 5) is 10.5. The first-order valence-corrected chi connectivity index (χ1v) is 8.16. The van der Waals surface area contributed by atoms with Crippen LogP contribution < -0.4 is 4.74 Å². The highest BCUT2D eigenvalue weighted by atomic mass is 16.5. The molecule has 0 saturated carbocycles. The average molecular weight is 292 g/mol. The molecule has 0 atom stereocenters. The van der Waals surface area contributed by atoms with Gasteiger partial charge in [-0.3, -0.25) is 4.79 Å². The van der Waals surface area contributed by atoms with Crippen LogP contribution in [0.5, 0.6) is 5.75 Å². The molecule has 0 spiro atoms. The minimum absolute atomic E-state index is 0.179. The van der Waals surface area contributed by atoms with Crippen LogP contribution in [0.15, 0.2) is 24.3 Å². The highest BCUT2D eigenvalue weighted by Gasteiger charge is 2.00. The smallest absolute Gasteiger partial charge is 0.303 e. The van der Waals surface area contributed by atoms with E-state index >= 15 is 0 Å². The molecule has 118 valence electrons. The van der Waals surface area contributed by atoms with Gasteiger partial charge < -0.3 is 9.84 Å². The Morgan fingerprint density at radius 3 is 2.24 bits per heavy atom. The van der Waals surface area contributed by atoms with Gasteiger partial charge in [0.25, 0.3) is 0 Å². The van der Waals surface area contributed by atoms with Crippen molar-refractivity contribution in [1.29, 1.82) is 0 Å². The first-order valence-electron chi connectivity index (χ1n) is 8.16. The van der Waals surface area contributed by atoms with Crippen LogP contribution in [0.3, 0.4) is 0 Å². The molecule has 0 bridgehead atoms. The molecule has 0 heterocycles. The molecule has 3 heteroatoms. The Hall–Kier alpha value is -1.51. The summed E-state index contributed by atoms with van der Waals surface area (Å²) in [6.07, 6.45) is 9.74. The first kappa shape index (κ1) is 17.5. The van der Waals surface area contributed by atoms with E-state index in [-0.39, 0.29) is 6.42 Å². The third-order valence-corrected chi connectivity index (χ3v) is 3.57. The molecule has 0 aliphatic rings. The van der Waals surface area contributed by atoms with Crippen molar-refractivity contribution < 1.29 is 14.6 Å². The minimum Gasteiger partial charge on any atom is -0.494 e. The van der Waals surface area contributed by atoms with Crippen LogP contribution in [0, 0.1) is 0 Å². The molecule has 0 aromatic heterocycles. The van der Waals surface area contributed by atoms with E-state index in [0.29, 0.717) is 6.42 Å². The second kappa shape index (κ2) is 11.2. The van der Waals surface area contributed by atoms with Crippen molar-refractivity contribution in [3.63, 3.8) is 0 Å². The van der Waals surface area contributed by atoms with E-state index in [9.17, 15) is 4.79 Å². The summed E-state index contributed by atoms with van der Waals surface area (Å²) >= 11 is 0. The highest BCUT2D eigenvalue weighted by Crippen LogP contribution is 2.14. The average Bonchev–Trinajstić information content (AvgIpc) is 2.49. The summed E-state index contributed by atoms with van der Waals surface area (Å²) in [6.45, 7) is 3.00. The van der Waals surface area contributed by atoms with Crippen molar-refractivity contribution in [3.8, 4) is 5.75 Å². The number of hydrogen-bond acceptors (Lipinski definition) is 2. The standard InChI is InChI=1S/C18H28O3/c1-2-3-4-5-6-7-8-15-21-17-12-9-16(10-13-17)11-14-18(19)20/h9-10,12-13H,2-8,11,14-15H2,1H3,(H,19,20). The number of rotatable bonds is 12. The molecule has 0 aliphatic carbocycles. The Labute approximate surface area is 128 Å². The molecule has 3 nitrogen and oxygen atoms in total. The molecular weight excluding hydrogens is 264 g/mol. The first-order chi connectivity index (χ1) is 10.2. The molecule has 0 amide bonds. The van der Waals surface area contributed by atoms with Gasteiger partial charge in [0.1, 0.15) is 5.75 Å². The Morgan fingerprint density at radius 2 is 1.62 bits per heavy atom. The van der Waals surface area contributed by atoms with Gasteiger partial charge >= 0.3 is 5.97 Å². The van der Waals surface area contributed by atoms with E-state index in [4.69, 9.17) is 9.84 Å². The normalized spacial score (nSPS) is 10.5. The molecule has 1 N–H and O–H groups in total. The maximum absolute atomic E-state index is 10.5. The Morgan fingerprint density at radius 1 is 1.00 bits per heavy atom. The van der Waals surface area contributed by atoms with Crippen molar-refractivity contribution in [2.75, 3.05) is 6.61 Å². The zero-order valence-corrected chi connectivity index (χ0v) is 13.1. The zero-order chi connectivity index (χ0) is 15.3. The second-order valence-electron chi connectivity index (χ2n) is 5.51. The Bertz CT molecular complexity index is 384. The summed E-state index contributed by atoms with van der Waals surface area (Å²) in [5.41, 5.74) is 1.04. The number of benzene rings is 1. The van der Waals surface area contributed by atoms with Gasteiger partial charge in [-0.05, 0) is 30.5 Å². The fourth-order valence-electron chi connectivity index (χ4n) is 2.25. The van der Waals surface area contributed by atoms with Crippen LogP contribution in [0.4, 0.5) is 0 Å². The number of carboxylic acids is 1. The number of carbonyl (C=O) groups is 1. The van der Waals surface area contributed by atoms with Gasteiger partial charge in [0, 0.05) is 6.42 Å². The van der Waals surface area contributed by atoms with Gasteiger partial charge in [-0.1, -0.05) is 57.6 Å². The molecule has 0 radical (unpaired) electrons. The lowest BCUT2D eigenvalue weighted by Gasteiger charge is -2.07. The summed E-state index contributed by atoms with van der Waals surface area (Å²) in [6, 6.07) is 7.75. The van der Waals surface area contributed by atoms with Crippen LogP contribution in [-0.4, -0.2) is 17.7 Å². The van der Waals surface area contributed by atoms with Crippen LogP contribution in [0.1, 0.15) is 63.9 Å². The maximum atomic E-state index is 10.5. The van der Waals surface area contributed by atoms with Crippen LogP contribution in [0.2, 0.25) is 0 Å². The van der Waals surface area contributed by atoms with Crippen LogP contribution in [0.25, 0.3) is 0 Å². The summed E-state index contributed by atoms with van der Waals surface area (Å²) in [5, 5.41) is 8.64. The van der Waals surface area contributed by atoms with Crippen molar-refractivity contribution in [2.24, 2.45) is 0 Å².